The molecule has 2 aromatic heterocycles. The molecule has 1 aliphatic heterocycles. The fourth-order valence-electron chi connectivity index (χ4n) is 3.98. The van der Waals surface area contributed by atoms with Gasteiger partial charge in [0.05, 0.1) is 11.9 Å². The van der Waals surface area contributed by atoms with Gasteiger partial charge in [0.2, 0.25) is 0 Å². The van der Waals surface area contributed by atoms with Crippen LogP contribution in [0, 0.1) is 11.8 Å². The fourth-order valence-corrected chi connectivity index (χ4v) is 3.98. The Bertz CT molecular complexity index is 801. The topological polar surface area (TPSA) is 74.5 Å². The van der Waals surface area contributed by atoms with Crippen molar-refractivity contribution < 1.29 is 9.90 Å². The average molecular weight is 388 g/mol. The summed E-state index contributed by atoms with van der Waals surface area (Å²) < 4.78 is 2.04. The van der Waals surface area contributed by atoms with Crippen molar-refractivity contribution in [3.05, 3.63) is 24.2 Å². The molecular weight excluding hydrogens is 354 g/mol. The maximum atomic E-state index is 13.1. The highest BCUT2D eigenvalue weighted by atomic mass is 16.3. The van der Waals surface area contributed by atoms with Gasteiger partial charge in [-0.1, -0.05) is 27.7 Å². The number of hydrogen-bond acceptors (Lipinski definition) is 5. The molecular formula is C21H33N5O2. The van der Waals surface area contributed by atoms with Crippen LogP contribution < -0.4 is 0 Å². The van der Waals surface area contributed by atoms with E-state index in [4.69, 9.17) is 0 Å². The lowest BCUT2D eigenvalue weighted by molar-refractivity contribution is 0.0384. The molecule has 3 heterocycles. The van der Waals surface area contributed by atoms with Crippen LogP contribution in [0.2, 0.25) is 0 Å². The monoisotopic (exact) mass is 387 g/mol. The summed E-state index contributed by atoms with van der Waals surface area (Å²) in [5, 5.41) is 9.44. The summed E-state index contributed by atoms with van der Waals surface area (Å²) in [5.74, 6) is 1.07. The first-order valence-corrected chi connectivity index (χ1v) is 10.3. The number of piperazine rings is 1. The maximum Gasteiger partial charge on any atom is 0.255 e. The van der Waals surface area contributed by atoms with Crippen molar-refractivity contribution in [2.75, 3.05) is 32.8 Å². The van der Waals surface area contributed by atoms with E-state index in [1.165, 1.54) is 0 Å². The van der Waals surface area contributed by atoms with Gasteiger partial charge < -0.3 is 14.6 Å². The minimum atomic E-state index is -0.0000497. The lowest BCUT2D eigenvalue weighted by Gasteiger charge is -2.42. The molecule has 7 nitrogen and oxygen atoms in total. The van der Waals surface area contributed by atoms with Gasteiger partial charge >= 0.3 is 0 Å². The lowest BCUT2D eigenvalue weighted by Crippen LogP contribution is -2.55. The third-order valence-electron chi connectivity index (χ3n) is 5.22. The zero-order valence-electron chi connectivity index (χ0n) is 17.5. The molecule has 154 valence electrons. The zero-order valence-corrected chi connectivity index (χ0v) is 17.5. The highest BCUT2D eigenvalue weighted by Gasteiger charge is 2.30. The van der Waals surface area contributed by atoms with Crippen molar-refractivity contribution in [2.24, 2.45) is 11.8 Å². The number of carbonyl (C=O) groups excluding carboxylic acids is 1. The van der Waals surface area contributed by atoms with Crippen LogP contribution in [-0.2, 0) is 6.54 Å². The van der Waals surface area contributed by atoms with E-state index in [1.54, 1.807) is 12.5 Å². The number of carbonyl (C=O) groups is 1. The SMILES string of the molecule is CC(C)CN1CCN(C(=O)c2cnc3c(c2)ncn3CC(C)C)CC1CCO. The Morgan fingerprint density at radius 2 is 1.93 bits per heavy atom. The number of aliphatic hydroxyl groups is 1. The second kappa shape index (κ2) is 9.01. The second-order valence-electron chi connectivity index (χ2n) is 8.66. The van der Waals surface area contributed by atoms with Crippen LogP contribution in [-0.4, -0.2) is 74.2 Å². The van der Waals surface area contributed by atoms with Gasteiger partial charge in [-0.15, -0.1) is 0 Å². The molecule has 1 aliphatic rings. The zero-order chi connectivity index (χ0) is 20.3. The van der Waals surface area contributed by atoms with E-state index in [-0.39, 0.29) is 18.6 Å². The molecule has 0 aliphatic carbocycles. The fraction of sp³-hybridized carbons (Fsp3) is 0.667. The quantitative estimate of drug-likeness (QED) is 0.789. The van der Waals surface area contributed by atoms with E-state index < -0.39 is 0 Å². The Kier molecular flexibility index (Phi) is 6.67. The summed E-state index contributed by atoms with van der Waals surface area (Å²) in [7, 11) is 0. The van der Waals surface area contributed by atoms with Gasteiger partial charge in [-0.3, -0.25) is 9.69 Å². The summed E-state index contributed by atoms with van der Waals surface area (Å²) in [4.78, 5) is 26.3. The molecule has 1 N–H and O–H groups in total. The van der Waals surface area contributed by atoms with E-state index in [9.17, 15) is 9.90 Å². The number of aromatic nitrogens is 3. The number of aliphatic hydroxyl groups excluding tert-OH is 1. The summed E-state index contributed by atoms with van der Waals surface area (Å²) >= 11 is 0. The predicted molar refractivity (Wildman–Crippen MR) is 110 cm³/mol. The average Bonchev–Trinajstić information content (AvgIpc) is 3.04. The molecule has 1 unspecified atom stereocenters. The van der Waals surface area contributed by atoms with Crippen molar-refractivity contribution in [1.29, 1.82) is 0 Å². The molecule has 0 saturated carbocycles. The van der Waals surface area contributed by atoms with Gasteiger partial charge in [-0.2, -0.15) is 0 Å². The summed E-state index contributed by atoms with van der Waals surface area (Å²) in [5.41, 5.74) is 2.17. The molecule has 7 heteroatoms. The van der Waals surface area contributed by atoms with Crippen molar-refractivity contribution in [3.63, 3.8) is 0 Å². The Morgan fingerprint density at radius 1 is 1.18 bits per heavy atom. The Labute approximate surface area is 167 Å². The molecule has 1 saturated heterocycles. The maximum absolute atomic E-state index is 13.1. The van der Waals surface area contributed by atoms with Crippen molar-refractivity contribution >= 4 is 17.1 Å². The van der Waals surface area contributed by atoms with Gasteiger partial charge in [-0.25, -0.2) is 9.97 Å². The number of hydrogen-bond donors (Lipinski definition) is 1. The molecule has 2 aromatic rings. The highest BCUT2D eigenvalue weighted by Crippen LogP contribution is 2.19. The number of fused-ring (bicyclic) bond motifs is 1. The normalized spacial score (nSPS) is 18.5. The van der Waals surface area contributed by atoms with Crippen molar-refractivity contribution in [3.8, 4) is 0 Å². The van der Waals surface area contributed by atoms with Crippen LogP contribution in [0.15, 0.2) is 18.6 Å². The van der Waals surface area contributed by atoms with E-state index in [2.05, 4.69) is 42.6 Å². The van der Waals surface area contributed by atoms with E-state index in [1.807, 2.05) is 15.5 Å². The van der Waals surface area contributed by atoms with E-state index in [0.717, 1.165) is 30.8 Å². The smallest absolute Gasteiger partial charge is 0.255 e. The van der Waals surface area contributed by atoms with Crippen LogP contribution >= 0.6 is 0 Å². The standard InChI is InChI=1S/C21H33N5O2/c1-15(2)11-24-6-7-25(13-18(24)5-8-27)21(28)17-9-19-20(22-10-17)26(14-23-19)12-16(3)4/h9-10,14-16,18,27H,5-8,11-13H2,1-4H3. The van der Waals surface area contributed by atoms with Gasteiger partial charge in [-0.05, 0) is 24.3 Å². The van der Waals surface area contributed by atoms with Crippen LogP contribution in [0.5, 0.6) is 0 Å². The molecule has 0 spiro atoms. The third kappa shape index (κ3) is 4.70. The Hall–Kier alpha value is -1.99. The number of pyridine rings is 1. The summed E-state index contributed by atoms with van der Waals surface area (Å²) in [6.45, 7) is 12.9. The molecule has 0 radical (unpaired) electrons. The first-order valence-electron chi connectivity index (χ1n) is 10.3. The molecule has 0 bridgehead atoms. The summed E-state index contributed by atoms with van der Waals surface area (Å²) in [6, 6.07) is 2.05. The minimum Gasteiger partial charge on any atom is -0.396 e. The Balaban J connectivity index is 1.74. The van der Waals surface area contributed by atoms with Gasteiger partial charge in [0.25, 0.3) is 5.91 Å². The van der Waals surface area contributed by atoms with Crippen molar-refractivity contribution in [2.45, 2.75) is 46.7 Å². The molecule has 3 rings (SSSR count). The number of nitrogens with zero attached hydrogens (tertiary/aromatic N) is 5. The van der Waals surface area contributed by atoms with E-state index >= 15 is 0 Å². The molecule has 1 fully saturated rings. The van der Waals surface area contributed by atoms with Crippen LogP contribution in [0.3, 0.4) is 0 Å². The third-order valence-corrected chi connectivity index (χ3v) is 5.22. The molecule has 1 amide bonds. The Morgan fingerprint density at radius 3 is 2.61 bits per heavy atom. The number of imidazole rings is 1. The molecule has 28 heavy (non-hydrogen) atoms. The van der Waals surface area contributed by atoms with Crippen LogP contribution in [0.1, 0.15) is 44.5 Å². The minimum absolute atomic E-state index is 0.0000497. The number of amides is 1. The van der Waals surface area contributed by atoms with Gasteiger partial charge in [0.1, 0.15) is 5.52 Å². The van der Waals surface area contributed by atoms with Crippen LogP contribution in [0.25, 0.3) is 11.2 Å². The van der Waals surface area contributed by atoms with Gasteiger partial charge in [0.15, 0.2) is 5.65 Å². The van der Waals surface area contributed by atoms with Crippen LogP contribution in [0.4, 0.5) is 0 Å². The van der Waals surface area contributed by atoms with E-state index in [0.29, 0.717) is 36.9 Å². The predicted octanol–water partition coefficient (Wildman–Crippen LogP) is 2.25. The highest BCUT2D eigenvalue weighted by molar-refractivity contribution is 5.96. The first kappa shape index (κ1) is 20.7. The largest absolute Gasteiger partial charge is 0.396 e. The van der Waals surface area contributed by atoms with Crippen molar-refractivity contribution in [1.82, 2.24) is 24.3 Å². The number of rotatable bonds is 7. The summed E-state index contributed by atoms with van der Waals surface area (Å²) in [6.07, 6.45) is 4.16. The first-order chi connectivity index (χ1) is 13.4. The second-order valence-corrected chi connectivity index (χ2v) is 8.66. The molecule has 0 aromatic carbocycles. The van der Waals surface area contributed by atoms with Gasteiger partial charge in [0, 0.05) is 51.6 Å². The molecule has 1 atom stereocenters. The lowest BCUT2D eigenvalue weighted by atomic mass is 10.1.